The molecule has 0 radical (unpaired) electrons. The lowest BCUT2D eigenvalue weighted by Crippen LogP contribution is -2.31. The molecule has 86 valence electrons. The molecule has 1 aromatic heterocycles. The minimum Gasteiger partial charge on any atom is -0.480 e. The quantitative estimate of drug-likeness (QED) is 0.828. The molecule has 4 heteroatoms. The number of H-pyrrole nitrogens is 1. The molecule has 0 saturated heterocycles. The zero-order valence-electron chi connectivity index (χ0n) is 9.61. The Bertz CT molecular complexity index is 636. The third kappa shape index (κ3) is 1.48. The zero-order chi connectivity index (χ0) is 12.6. The molecule has 1 unspecified atom stereocenters. The van der Waals surface area contributed by atoms with Crippen LogP contribution in [0.4, 0.5) is 0 Å². The van der Waals surface area contributed by atoms with Crippen molar-refractivity contribution in [1.29, 1.82) is 5.26 Å². The number of carboxylic acid groups (broad SMARTS) is 1. The summed E-state index contributed by atoms with van der Waals surface area (Å²) in [7, 11) is 0. The molecule has 2 N–H and O–H groups in total. The molecule has 0 bridgehead atoms. The lowest BCUT2D eigenvalue weighted by Gasteiger charge is -2.16. The molecule has 0 aliphatic heterocycles. The summed E-state index contributed by atoms with van der Waals surface area (Å²) in [6, 6.07) is 9.29. The number of benzene rings is 1. The first-order chi connectivity index (χ1) is 8.00. The van der Waals surface area contributed by atoms with Crippen LogP contribution in [0.25, 0.3) is 10.9 Å². The summed E-state index contributed by atoms with van der Waals surface area (Å²) in [4.78, 5) is 14.4. The van der Waals surface area contributed by atoms with Crippen LogP contribution in [0.3, 0.4) is 0 Å². The predicted molar refractivity (Wildman–Crippen MR) is 63.6 cm³/mol. The largest absolute Gasteiger partial charge is 0.480 e. The summed E-state index contributed by atoms with van der Waals surface area (Å²) in [5.74, 6) is -1.13. The van der Waals surface area contributed by atoms with E-state index in [0.717, 1.165) is 16.6 Å². The molecule has 1 heterocycles. The maximum atomic E-state index is 11.3. The van der Waals surface area contributed by atoms with Crippen molar-refractivity contribution in [2.75, 3.05) is 0 Å². The number of hydrogen-bond acceptors (Lipinski definition) is 2. The van der Waals surface area contributed by atoms with Crippen molar-refractivity contribution in [3.63, 3.8) is 0 Å². The smallest absolute Gasteiger partial charge is 0.328 e. The van der Waals surface area contributed by atoms with Gasteiger partial charge in [-0.3, -0.25) is 4.79 Å². The Kier molecular flexibility index (Phi) is 2.40. The third-order valence-corrected chi connectivity index (χ3v) is 3.04. The monoisotopic (exact) mass is 228 g/mol. The number of rotatable bonds is 2. The Hall–Kier alpha value is -2.28. The van der Waals surface area contributed by atoms with Crippen molar-refractivity contribution in [3.8, 4) is 6.07 Å². The van der Waals surface area contributed by atoms with Gasteiger partial charge in [0.05, 0.1) is 6.07 Å². The molecule has 1 aromatic carbocycles. The Morgan fingerprint density at radius 3 is 2.71 bits per heavy atom. The molecule has 0 amide bonds. The van der Waals surface area contributed by atoms with Gasteiger partial charge in [-0.25, -0.2) is 0 Å². The van der Waals surface area contributed by atoms with E-state index in [-0.39, 0.29) is 0 Å². The van der Waals surface area contributed by atoms with Gasteiger partial charge in [-0.2, -0.15) is 5.26 Å². The molecule has 17 heavy (non-hydrogen) atoms. The minimum atomic E-state index is -1.52. The second-order valence-corrected chi connectivity index (χ2v) is 4.21. The van der Waals surface area contributed by atoms with E-state index in [9.17, 15) is 9.90 Å². The zero-order valence-corrected chi connectivity index (χ0v) is 9.61. The molecule has 1 atom stereocenters. The number of fused-ring (bicyclic) bond motifs is 1. The topological polar surface area (TPSA) is 76.9 Å². The normalized spacial score (nSPS) is 14.2. The van der Waals surface area contributed by atoms with Gasteiger partial charge in [0.2, 0.25) is 0 Å². The number of nitriles is 1. The Morgan fingerprint density at radius 2 is 2.12 bits per heavy atom. The van der Waals surface area contributed by atoms with Crippen LogP contribution in [0.2, 0.25) is 0 Å². The summed E-state index contributed by atoms with van der Waals surface area (Å²) in [6.07, 6.45) is 0. The van der Waals surface area contributed by atoms with Gasteiger partial charge in [0, 0.05) is 22.2 Å². The highest BCUT2D eigenvalue weighted by Crippen LogP contribution is 2.33. The van der Waals surface area contributed by atoms with E-state index in [0.29, 0.717) is 5.56 Å². The SMILES string of the molecule is Cc1[nH]c2ccccc2c1C(C)(C#N)C(=O)O. The van der Waals surface area contributed by atoms with Crippen LogP contribution < -0.4 is 0 Å². The number of nitrogens with one attached hydrogen (secondary N) is 1. The van der Waals surface area contributed by atoms with Crippen LogP contribution in [0.15, 0.2) is 24.3 Å². The molecule has 2 aromatic rings. The second kappa shape index (κ2) is 3.63. The number of hydrogen-bond donors (Lipinski definition) is 2. The third-order valence-electron chi connectivity index (χ3n) is 3.04. The van der Waals surface area contributed by atoms with Gasteiger partial charge >= 0.3 is 5.97 Å². The number of aromatic amines is 1. The first kappa shape index (κ1) is 11.2. The number of aryl methyl sites for hydroxylation is 1. The number of carboxylic acids is 1. The van der Waals surface area contributed by atoms with E-state index in [1.165, 1.54) is 6.92 Å². The molecule has 0 saturated carbocycles. The molecule has 4 nitrogen and oxygen atoms in total. The van der Waals surface area contributed by atoms with Crippen LogP contribution >= 0.6 is 0 Å². The molecule has 0 spiro atoms. The van der Waals surface area contributed by atoms with E-state index < -0.39 is 11.4 Å². The van der Waals surface area contributed by atoms with Gasteiger partial charge in [-0.1, -0.05) is 18.2 Å². The Morgan fingerprint density at radius 1 is 1.47 bits per heavy atom. The fourth-order valence-corrected chi connectivity index (χ4v) is 2.13. The summed E-state index contributed by atoms with van der Waals surface area (Å²) >= 11 is 0. The van der Waals surface area contributed by atoms with Crippen LogP contribution in [0, 0.1) is 18.3 Å². The molecule has 0 aliphatic rings. The molecule has 0 fully saturated rings. The van der Waals surface area contributed by atoms with Crippen molar-refractivity contribution in [2.45, 2.75) is 19.3 Å². The highest BCUT2D eigenvalue weighted by atomic mass is 16.4. The summed E-state index contributed by atoms with van der Waals surface area (Å²) in [5.41, 5.74) is 0.590. The number of nitrogens with zero attached hydrogens (tertiary/aromatic N) is 1. The fourth-order valence-electron chi connectivity index (χ4n) is 2.13. The van der Waals surface area contributed by atoms with E-state index in [2.05, 4.69) is 4.98 Å². The molecule has 0 aliphatic carbocycles. The number of aliphatic carboxylic acids is 1. The van der Waals surface area contributed by atoms with Crippen molar-refractivity contribution in [3.05, 3.63) is 35.5 Å². The van der Waals surface area contributed by atoms with Crippen molar-refractivity contribution in [1.82, 2.24) is 4.98 Å². The van der Waals surface area contributed by atoms with Crippen molar-refractivity contribution < 1.29 is 9.90 Å². The van der Waals surface area contributed by atoms with Crippen LogP contribution in [0.1, 0.15) is 18.2 Å². The van der Waals surface area contributed by atoms with Gasteiger partial charge < -0.3 is 10.1 Å². The maximum absolute atomic E-state index is 11.3. The first-order valence-electron chi connectivity index (χ1n) is 5.23. The number of aromatic nitrogens is 1. The highest BCUT2D eigenvalue weighted by Gasteiger charge is 2.39. The van der Waals surface area contributed by atoms with Crippen LogP contribution in [0.5, 0.6) is 0 Å². The summed E-state index contributed by atoms with van der Waals surface area (Å²) < 4.78 is 0. The van der Waals surface area contributed by atoms with Crippen molar-refractivity contribution in [2.24, 2.45) is 0 Å². The van der Waals surface area contributed by atoms with Crippen LogP contribution in [-0.4, -0.2) is 16.1 Å². The lowest BCUT2D eigenvalue weighted by molar-refractivity contribution is -0.140. The lowest BCUT2D eigenvalue weighted by atomic mass is 9.82. The maximum Gasteiger partial charge on any atom is 0.328 e. The Labute approximate surface area is 98.5 Å². The van der Waals surface area contributed by atoms with Crippen LogP contribution in [-0.2, 0) is 10.2 Å². The molecular weight excluding hydrogens is 216 g/mol. The fraction of sp³-hybridized carbons (Fsp3) is 0.231. The highest BCUT2D eigenvalue weighted by molar-refractivity contribution is 5.95. The first-order valence-corrected chi connectivity index (χ1v) is 5.23. The molecule has 2 rings (SSSR count). The van der Waals surface area contributed by atoms with E-state index in [4.69, 9.17) is 5.26 Å². The minimum absolute atomic E-state index is 0.545. The van der Waals surface area contributed by atoms with E-state index in [1.807, 2.05) is 30.3 Å². The predicted octanol–water partition coefficient (Wildman–Crippen LogP) is 2.34. The number of carbonyl (C=O) groups is 1. The average Bonchev–Trinajstić information content (AvgIpc) is 2.64. The van der Waals surface area contributed by atoms with Gasteiger partial charge in [-0.15, -0.1) is 0 Å². The summed E-state index contributed by atoms with van der Waals surface area (Å²) in [6.45, 7) is 3.21. The van der Waals surface area contributed by atoms with Crippen molar-refractivity contribution >= 4 is 16.9 Å². The summed E-state index contributed by atoms with van der Waals surface area (Å²) in [5, 5.41) is 19.2. The van der Waals surface area contributed by atoms with Gasteiger partial charge in [0.1, 0.15) is 0 Å². The van der Waals surface area contributed by atoms with Gasteiger partial charge in [0.25, 0.3) is 0 Å². The standard InChI is InChI=1S/C13H12N2O2/c1-8-11(13(2,7-14)12(16)17)9-5-3-4-6-10(9)15-8/h3-6,15H,1-2H3,(H,16,17). The van der Waals surface area contributed by atoms with Gasteiger partial charge in [0.15, 0.2) is 5.41 Å². The van der Waals surface area contributed by atoms with Gasteiger partial charge in [-0.05, 0) is 19.9 Å². The van der Waals surface area contributed by atoms with E-state index >= 15 is 0 Å². The average molecular weight is 228 g/mol. The number of para-hydroxylation sites is 1. The second-order valence-electron chi connectivity index (χ2n) is 4.21. The molecular formula is C13H12N2O2. The van der Waals surface area contributed by atoms with E-state index in [1.54, 1.807) is 6.92 Å². The Balaban J connectivity index is 2.83.